The fourth-order valence-corrected chi connectivity index (χ4v) is 3.18. The Bertz CT molecular complexity index is 983. The summed E-state index contributed by atoms with van der Waals surface area (Å²) >= 11 is 0. The average Bonchev–Trinajstić information content (AvgIpc) is 3.17. The summed E-state index contributed by atoms with van der Waals surface area (Å²) < 4.78 is 13.2. The van der Waals surface area contributed by atoms with Crippen LogP contribution < -0.4 is 9.47 Å². The summed E-state index contributed by atoms with van der Waals surface area (Å²) in [6.45, 7) is 5.30. The lowest BCUT2D eigenvalue weighted by molar-refractivity contribution is 0.174. The van der Waals surface area contributed by atoms with E-state index in [1.165, 1.54) is 0 Å². The van der Waals surface area contributed by atoms with E-state index in [1.54, 1.807) is 0 Å². The van der Waals surface area contributed by atoms with Gasteiger partial charge in [0.05, 0.1) is 22.7 Å². The second-order valence-corrected chi connectivity index (χ2v) is 6.72. The van der Waals surface area contributed by atoms with Crippen molar-refractivity contribution < 1.29 is 9.47 Å². The summed E-state index contributed by atoms with van der Waals surface area (Å²) in [4.78, 5) is 4.83. The van der Waals surface area contributed by atoms with Crippen molar-refractivity contribution in [2.45, 2.75) is 26.8 Å². The van der Waals surface area contributed by atoms with E-state index in [4.69, 9.17) is 19.7 Å². The van der Waals surface area contributed by atoms with Gasteiger partial charge in [-0.05, 0) is 23.6 Å². The molecule has 0 saturated heterocycles. The molecule has 1 aliphatic rings. The topological polar surface area (TPSA) is 60.1 Å². The maximum Gasteiger partial charge on any atom is 0.231 e. The van der Waals surface area contributed by atoms with Crippen molar-refractivity contribution in [1.82, 2.24) is 9.55 Å². The van der Waals surface area contributed by atoms with Crippen molar-refractivity contribution in [3.05, 3.63) is 53.3 Å². The van der Waals surface area contributed by atoms with Crippen LogP contribution in [0.1, 0.15) is 30.8 Å². The van der Waals surface area contributed by atoms with Gasteiger partial charge in [-0.2, -0.15) is 5.26 Å². The number of nitriles is 1. The van der Waals surface area contributed by atoms with Crippen LogP contribution in [0.3, 0.4) is 0 Å². The molecule has 126 valence electrons. The first-order valence-corrected chi connectivity index (χ1v) is 8.42. The molecule has 0 radical (unpaired) electrons. The Morgan fingerprint density at radius 3 is 2.76 bits per heavy atom. The van der Waals surface area contributed by atoms with Gasteiger partial charge in [0.2, 0.25) is 6.79 Å². The molecule has 0 bridgehead atoms. The molecule has 0 amide bonds. The molecule has 5 heteroatoms. The highest BCUT2D eigenvalue weighted by atomic mass is 16.7. The predicted molar refractivity (Wildman–Crippen MR) is 94.7 cm³/mol. The minimum absolute atomic E-state index is 0.255. The molecule has 0 unspecified atom stereocenters. The SMILES string of the molecule is CC(C)Cc1nc2cc3c(cc2n1Cc1cccc(C#N)c1)OCO3. The number of hydrogen-bond acceptors (Lipinski definition) is 4. The summed E-state index contributed by atoms with van der Waals surface area (Å²) in [6, 6.07) is 13.9. The highest BCUT2D eigenvalue weighted by molar-refractivity contribution is 5.81. The maximum absolute atomic E-state index is 9.14. The van der Waals surface area contributed by atoms with Crippen LogP contribution in [-0.4, -0.2) is 16.3 Å². The number of aromatic nitrogens is 2. The summed E-state index contributed by atoms with van der Waals surface area (Å²) in [5.41, 5.74) is 3.70. The molecule has 0 fully saturated rings. The largest absolute Gasteiger partial charge is 0.454 e. The van der Waals surface area contributed by atoms with Gasteiger partial charge in [-0.15, -0.1) is 0 Å². The third-order valence-electron chi connectivity index (χ3n) is 4.31. The van der Waals surface area contributed by atoms with E-state index < -0.39 is 0 Å². The monoisotopic (exact) mass is 333 g/mol. The van der Waals surface area contributed by atoms with Gasteiger partial charge in [-0.3, -0.25) is 0 Å². The van der Waals surface area contributed by atoms with E-state index in [1.807, 2.05) is 36.4 Å². The molecule has 4 rings (SSSR count). The molecule has 25 heavy (non-hydrogen) atoms. The van der Waals surface area contributed by atoms with Gasteiger partial charge in [0, 0.05) is 25.1 Å². The Kier molecular flexibility index (Phi) is 3.81. The fourth-order valence-electron chi connectivity index (χ4n) is 3.18. The lowest BCUT2D eigenvalue weighted by Gasteiger charge is -2.11. The minimum atomic E-state index is 0.255. The molecule has 0 spiro atoms. The van der Waals surface area contributed by atoms with E-state index in [-0.39, 0.29) is 6.79 Å². The number of benzene rings is 2. The minimum Gasteiger partial charge on any atom is -0.454 e. The quantitative estimate of drug-likeness (QED) is 0.727. The lowest BCUT2D eigenvalue weighted by atomic mass is 10.1. The van der Waals surface area contributed by atoms with Crippen LogP contribution in [0.4, 0.5) is 0 Å². The Labute approximate surface area is 146 Å². The molecule has 0 aliphatic carbocycles. The Morgan fingerprint density at radius 2 is 2.00 bits per heavy atom. The molecule has 3 aromatic rings. The maximum atomic E-state index is 9.14. The smallest absolute Gasteiger partial charge is 0.231 e. The highest BCUT2D eigenvalue weighted by Gasteiger charge is 2.19. The second kappa shape index (κ2) is 6.14. The van der Waals surface area contributed by atoms with Gasteiger partial charge < -0.3 is 14.0 Å². The number of ether oxygens (including phenoxy) is 2. The normalized spacial score (nSPS) is 12.7. The Balaban J connectivity index is 1.82. The third kappa shape index (κ3) is 2.91. The lowest BCUT2D eigenvalue weighted by Crippen LogP contribution is -2.08. The van der Waals surface area contributed by atoms with E-state index in [0.29, 0.717) is 18.0 Å². The van der Waals surface area contributed by atoms with E-state index in [0.717, 1.165) is 40.3 Å². The van der Waals surface area contributed by atoms with E-state index in [2.05, 4.69) is 24.5 Å². The van der Waals surface area contributed by atoms with Gasteiger partial charge in [-0.25, -0.2) is 4.98 Å². The number of hydrogen-bond donors (Lipinski definition) is 0. The van der Waals surface area contributed by atoms with Crippen molar-refractivity contribution >= 4 is 11.0 Å². The van der Waals surface area contributed by atoms with Crippen LogP contribution in [0.2, 0.25) is 0 Å². The third-order valence-corrected chi connectivity index (χ3v) is 4.31. The molecule has 2 aromatic carbocycles. The van der Waals surface area contributed by atoms with Crippen LogP contribution in [-0.2, 0) is 13.0 Å². The zero-order valence-electron chi connectivity index (χ0n) is 14.3. The zero-order valence-corrected chi connectivity index (χ0v) is 14.3. The number of nitrogens with zero attached hydrogens (tertiary/aromatic N) is 3. The van der Waals surface area contributed by atoms with Crippen LogP contribution in [0.25, 0.3) is 11.0 Å². The van der Waals surface area contributed by atoms with Crippen LogP contribution in [0.15, 0.2) is 36.4 Å². The first-order chi connectivity index (χ1) is 12.1. The van der Waals surface area contributed by atoms with Gasteiger partial charge in [-0.1, -0.05) is 26.0 Å². The molecule has 1 aromatic heterocycles. The number of fused-ring (bicyclic) bond motifs is 2. The van der Waals surface area contributed by atoms with Crippen LogP contribution >= 0.6 is 0 Å². The van der Waals surface area contributed by atoms with Gasteiger partial charge in [0.1, 0.15) is 5.82 Å². The molecular weight excluding hydrogens is 314 g/mol. The summed E-state index contributed by atoms with van der Waals surface area (Å²) in [5.74, 6) is 3.05. The second-order valence-electron chi connectivity index (χ2n) is 6.72. The van der Waals surface area contributed by atoms with Crippen molar-refractivity contribution in [3.63, 3.8) is 0 Å². The van der Waals surface area contributed by atoms with Crippen molar-refractivity contribution in [3.8, 4) is 17.6 Å². The average molecular weight is 333 g/mol. The van der Waals surface area contributed by atoms with E-state index in [9.17, 15) is 0 Å². The molecule has 0 atom stereocenters. The van der Waals surface area contributed by atoms with Crippen LogP contribution in [0, 0.1) is 17.2 Å². The highest BCUT2D eigenvalue weighted by Crippen LogP contribution is 2.36. The van der Waals surface area contributed by atoms with Crippen molar-refractivity contribution in [2.75, 3.05) is 6.79 Å². The van der Waals surface area contributed by atoms with Gasteiger partial charge in [0.15, 0.2) is 11.5 Å². The standard InChI is InChI=1S/C20H19N3O2/c1-13(2)6-20-22-16-8-18-19(25-12-24-18)9-17(16)23(20)11-15-5-3-4-14(7-15)10-21/h3-5,7-9,13H,6,11-12H2,1-2H3. The molecule has 0 saturated carbocycles. The summed E-state index contributed by atoms with van der Waals surface area (Å²) in [6.07, 6.45) is 0.888. The Hall–Kier alpha value is -3.00. The first-order valence-electron chi connectivity index (χ1n) is 8.42. The zero-order chi connectivity index (χ0) is 17.4. The van der Waals surface area contributed by atoms with Crippen LogP contribution in [0.5, 0.6) is 11.5 Å². The van der Waals surface area contributed by atoms with Crippen molar-refractivity contribution in [1.29, 1.82) is 5.26 Å². The fraction of sp³-hybridized carbons (Fsp3) is 0.300. The van der Waals surface area contributed by atoms with Crippen molar-refractivity contribution in [2.24, 2.45) is 5.92 Å². The van der Waals surface area contributed by atoms with E-state index >= 15 is 0 Å². The number of rotatable bonds is 4. The molecular formula is C20H19N3O2. The predicted octanol–water partition coefficient (Wildman–Crippen LogP) is 3.88. The summed E-state index contributed by atoms with van der Waals surface area (Å²) in [5, 5.41) is 9.14. The molecule has 0 N–H and O–H groups in total. The molecule has 2 heterocycles. The molecule has 5 nitrogen and oxygen atoms in total. The van der Waals surface area contributed by atoms with Gasteiger partial charge in [0.25, 0.3) is 0 Å². The van der Waals surface area contributed by atoms with Gasteiger partial charge >= 0.3 is 0 Å². The Morgan fingerprint density at radius 1 is 1.20 bits per heavy atom. The summed E-state index contributed by atoms with van der Waals surface area (Å²) in [7, 11) is 0. The number of imidazole rings is 1. The first kappa shape index (κ1) is 15.5. The molecule has 1 aliphatic heterocycles.